The molecular formula is C39H54F2N6O. The van der Waals surface area contributed by atoms with Crippen LogP contribution in [-0.4, -0.2) is 63.1 Å². The second kappa shape index (κ2) is 14.8. The number of hydrogen-bond donors (Lipinski definition) is 1. The molecule has 2 saturated heterocycles. The molecule has 260 valence electrons. The smallest absolute Gasteiger partial charge is 0.276 e. The van der Waals surface area contributed by atoms with Crippen molar-refractivity contribution < 1.29 is 8.78 Å². The van der Waals surface area contributed by atoms with E-state index in [1.165, 1.54) is 0 Å². The van der Waals surface area contributed by atoms with Crippen LogP contribution in [0.4, 0.5) is 14.6 Å². The average molecular weight is 661 g/mol. The van der Waals surface area contributed by atoms with Crippen LogP contribution in [0.3, 0.4) is 0 Å². The predicted octanol–water partition coefficient (Wildman–Crippen LogP) is 8.36. The lowest BCUT2D eigenvalue weighted by Gasteiger charge is -2.36. The maximum Gasteiger partial charge on any atom is 0.276 e. The zero-order valence-electron chi connectivity index (χ0n) is 29.5. The molecule has 1 unspecified atom stereocenters. The number of nitrogens with zero attached hydrogens (tertiary/aromatic N) is 5. The molecule has 1 N–H and O–H groups in total. The van der Waals surface area contributed by atoms with Crippen LogP contribution in [0.1, 0.15) is 120 Å². The summed E-state index contributed by atoms with van der Waals surface area (Å²) < 4.78 is 33.9. The minimum atomic E-state index is -2.90. The molecule has 6 heterocycles. The van der Waals surface area contributed by atoms with Crippen molar-refractivity contribution >= 4 is 16.9 Å². The first-order chi connectivity index (χ1) is 23.0. The van der Waals surface area contributed by atoms with Crippen molar-refractivity contribution in [3.05, 3.63) is 75.4 Å². The second-order valence-corrected chi connectivity index (χ2v) is 14.8. The van der Waals surface area contributed by atoms with E-state index in [1.807, 2.05) is 30.5 Å². The topological polar surface area (TPSA) is 66.3 Å². The van der Waals surface area contributed by atoms with Crippen LogP contribution in [0.15, 0.2) is 47.3 Å². The molecule has 0 spiro atoms. The lowest BCUT2D eigenvalue weighted by Crippen LogP contribution is -2.39. The highest BCUT2D eigenvalue weighted by Gasteiger charge is 2.42. The summed E-state index contributed by atoms with van der Waals surface area (Å²) in [6, 6.07) is 9.10. The highest BCUT2D eigenvalue weighted by molar-refractivity contribution is 5.87. The van der Waals surface area contributed by atoms with E-state index in [0.29, 0.717) is 49.3 Å². The minimum absolute atomic E-state index is 0.0303. The molecule has 0 saturated carbocycles. The van der Waals surface area contributed by atoms with E-state index in [1.54, 1.807) is 18.2 Å². The number of aromatic nitrogens is 3. The third-order valence-corrected chi connectivity index (χ3v) is 11.2. The van der Waals surface area contributed by atoms with Crippen LogP contribution in [-0.2, 0) is 5.92 Å². The highest BCUT2D eigenvalue weighted by atomic mass is 19.3. The molecular weight excluding hydrogens is 606 g/mol. The summed E-state index contributed by atoms with van der Waals surface area (Å²) in [5.41, 5.74) is 2.40. The maximum atomic E-state index is 16.0. The number of rotatable bonds is 2. The molecule has 9 heteroatoms. The standard InChI is InChI=1S/C39H54F2N6O/c1-26(2)46-22-15-30(16-23-46)34-25-35-36-42-28(4)31-13-11-14-33(24-31)39(40,41)32-17-20-45(21-18-32)19-10-8-6-7-9-12-27(3)47(38(34)48)37(35)44-29(5)43-36/h8,10-11,13-14,24-28,30,32H,6-7,9,12,15-23H2,1-5H3,(H,42,43,44)/b10-8+/t27?,28-/m1/s1. The van der Waals surface area contributed by atoms with Gasteiger partial charge >= 0.3 is 0 Å². The van der Waals surface area contributed by atoms with Crippen LogP contribution < -0.4 is 10.9 Å². The molecule has 48 heavy (non-hydrogen) atoms. The Hall–Kier alpha value is -3.17. The summed E-state index contributed by atoms with van der Waals surface area (Å²) in [5, 5.41) is 4.40. The first-order valence-corrected chi connectivity index (χ1v) is 18.3. The SMILES string of the molecule is Cc1nc2c3cc(C4CCN(C(C)C)CC4)c(=O)n(c3n1)C(C)CCCC/C=C/CN1CCC(CC1)C(F)(F)c1cccc(c1)[C@@H](C)N2. The fourth-order valence-corrected chi connectivity index (χ4v) is 8.06. The van der Waals surface area contributed by atoms with Crippen LogP contribution in [0.25, 0.3) is 11.0 Å². The van der Waals surface area contributed by atoms with E-state index < -0.39 is 11.8 Å². The predicted molar refractivity (Wildman–Crippen MR) is 191 cm³/mol. The summed E-state index contributed by atoms with van der Waals surface area (Å²) in [4.78, 5) is 28.9. The molecule has 2 atom stereocenters. The van der Waals surface area contributed by atoms with Gasteiger partial charge < -0.3 is 10.2 Å². The van der Waals surface area contributed by atoms with Gasteiger partial charge in [0.05, 0.1) is 5.39 Å². The van der Waals surface area contributed by atoms with Gasteiger partial charge in [0.1, 0.15) is 17.3 Å². The quantitative estimate of drug-likeness (QED) is 0.279. The van der Waals surface area contributed by atoms with Crippen molar-refractivity contribution in [2.75, 3.05) is 38.0 Å². The fraction of sp³-hybridized carbons (Fsp3) is 0.615. The number of allylic oxidation sites excluding steroid dienone is 1. The summed E-state index contributed by atoms with van der Waals surface area (Å²) in [5.74, 6) is -2.20. The van der Waals surface area contributed by atoms with Gasteiger partial charge in [0.15, 0.2) is 0 Å². The number of piperidine rings is 2. The van der Waals surface area contributed by atoms with Crippen molar-refractivity contribution in [2.45, 2.75) is 116 Å². The molecule has 3 aromatic rings. The Morgan fingerprint density at radius 1 is 0.938 bits per heavy atom. The number of anilines is 1. The van der Waals surface area contributed by atoms with E-state index in [4.69, 9.17) is 9.97 Å². The van der Waals surface area contributed by atoms with Crippen molar-refractivity contribution in [1.29, 1.82) is 0 Å². The molecule has 7 nitrogen and oxygen atoms in total. The third-order valence-electron chi connectivity index (χ3n) is 11.2. The third kappa shape index (κ3) is 7.37. The van der Waals surface area contributed by atoms with Gasteiger partial charge in [0.25, 0.3) is 11.5 Å². The molecule has 4 aliphatic rings. The Labute approximate surface area is 284 Å². The molecule has 7 rings (SSSR count). The average Bonchev–Trinajstić information content (AvgIpc) is 3.07. The Balaban J connectivity index is 1.42. The number of aryl methyl sites for hydroxylation is 1. The van der Waals surface area contributed by atoms with E-state index >= 15 is 8.78 Å². The highest BCUT2D eigenvalue weighted by Crippen LogP contribution is 2.42. The summed E-state index contributed by atoms with van der Waals surface area (Å²) in [6.07, 6.45) is 11.2. The van der Waals surface area contributed by atoms with E-state index in [-0.39, 0.29) is 29.1 Å². The van der Waals surface area contributed by atoms with Crippen LogP contribution in [0.5, 0.6) is 0 Å². The monoisotopic (exact) mass is 660 g/mol. The number of alkyl halides is 2. The largest absolute Gasteiger partial charge is 0.363 e. The molecule has 1 aromatic carbocycles. The van der Waals surface area contributed by atoms with E-state index in [0.717, 1.165) is 74.7 Å². The Bertz CT molecular complexity index is 1650. The normalized spacial score (nSPS) is 27.0. The summed E-state index contributed by atoms with van der Waals surface area (Å²) in [7, 11) is 0. The molecule has 0 amide bonds. The number of pyridine rings is 1. The second-order valence-electron chi connectivity index (χ2n) is 14.8. The number of likely N-dealkylation sites (tertiary alicyclic amines) is 1. The van der Waals surface area contributed by atoms with Gasteiger partial charge in [-0.25, -0.2) is 18.7 Å². The van der Waals surface area contributed by atoms with Crippen molar-refractivity contribution in [3.8, 4) is 0 Å². The first-order valence-electron chi connectivity index (χ1n) is 18.3. The number of halogens is 2. The van der Waals surface area contributed by atoms with Crippen molar-refractivity contribution in [3.63, 3.8) is 0 Å². The lowest BCUT2D eigenvalue weighted by atomic mass is 9.85. The maximum absolute atomic E-state index is 16.0. The first kappa shape index (κ1) is 34.7. The van der Waals surface area contributed by atoms with Crippen molar-refractivity contribution in [2.24, 2.45) is 5.92 Å². The molecule has 2 aromatic heterocycles. The minimum Gasteiger partial charge on any atom is -0.363 e. The van der Waals surface area contributed by atoms with Crippen molar-refractivity contribution in [1.82, 2.24) is 24.3 Å². The van der Waals surface area contributed by atoms with Gasteiger partial charge in [0, 0.05) is 41.7 Å². The molecule has 4 aliphatic heterocycles. The van der Waals surface area contributed by atoms with Gasteiger partial charge in [-0.15, -0.1) is 0 Å². The summed E-state index contributed by atoms with van der Waals surface area (Å²) in [6.45, 7) is 14.6. The number of hydrogen-bond acceptors (Lipinski definition) is 6. The van der Waals surface area contributed by atoms with E-state index in [2.05, 4.69) is 48.0 Å². The van der Waals surface area contributed by atoms with Gasteiger partial charge in [-0.05, 0) is 129 Å². The van der Waals surface area contributed by atoms with Gasteiger partial charge in [-0.1, -0.05) is 36.8 Å². The zero-order valence-corrected chi connectivity index (χ0v) is 29.5. The number of nitrogens with one attached hydrogen (secondary N) is 1. The Morgan fingerprint density at radius 2 is 1.69 bits per heavy atom. The molecule has 0 radical (unpaired) electrons. The van der Waals surface area contributed by atoms with Crippen LogP contribution in [0, 0.1) is 12.8 Å². The van der Waals surface area contributed by atoms with Crippen LogP contribution >= 0.6 is 0 Å². The molecule has 2 fully saturated rings. The Morgan fingerprint density at radius 3 is 2.42 bits per heavy atom. The molecule has 8 bridgehead atoms. The fourth-order valence-electron chi connectivity index (χ4n) is 8.06. The van der Waals surface area contributed by atoms with Gasteiger partial charge in [0.2, 0.25) is 0 Å². The van der Waals surface area contributed by atoms with Gasteiger partial charge in [-0.2, -0.15) is 0 Å². The molecule has 0 aliphatic carbocycles. The lowest BCUT2D eigenvalue weighted by molar-refractivity contribution is -0.0847. The number of benzene rings is 1. The van der Waals surface area contributed by atoms with Crippen LogP contribution in [0.2, 0.25) is 0 Å². The number of fused-ring (bicyclic) bond motifs is 9. The van der Waals surface area contributed by atoms with E-state index in [9.17, 15) is 4.79 Å². The zero-order chi connectivity index (χ0) is 34.0. The van der Waals surface area contributed by atoms with Gasteiger partial charge in [-0.3, -0.25) is 14.3 Å². The Kier molecular flexibility index (Phi) is 10.7. The summed E-state index contributed by atoms with van der Waals surface area (Å²) >= 11 is 0.